The molecule has 3 rings (SSSR count). The molecule has 2 aromatic rings. The molecule has 1 aromatic heterocycles. The number of anilines is 1. The summed E-state index contributed by atoms with van der Waals surface area (Å²) < 4.78 is 23.8. The minimum atomic E-state index is -2.89. The maximum absolute atomic E-state index is 11.5. The monoisotopic (exact) mass is 341 g/mol. The zero-order valence-electron chi connectivity index (χ0n) is 10.0. The number of nitrogens with zero attached hydrogens (tertiary/aromatic N) is 2. The minimum absolute atomic E-state index is 0.0675. The van der Waals surface area contributed by atoms with Crippen LogP contribution < -0.4 is 5.32 Å². The van der Waals surface area contributed by atoms with Gasteiger partial charge in [-0.05, 0) is 34.5 Å². The summed E-state index contributed by atoms with van der Waals surface area (Å²) in [4.78, 5) is 8.45. The minimum Gasteiger partial charge on any atom is -0.366 e. The molecule has 1 N–H and O–H groups in total. The van der Waals surface area contributed by atoms with Crippen LogP contribution in [0.2, 0.25) is 0 Å². The van der Waals surface area contributed by atoms with Gasteiger partial charge < -0.3 is 5.32 Å². The van der Waals surface area contributed by atoms with Gasteiger partial charge >= 0.3 is 0 Å². The van der Waals surface area contributed by atoms with Crippen LogP contribution in [0, 0.1) is 0 Å². The molecule has 1 aliphatic heterocycles. The Labute approximate surface area is 119 Å². The van der Waals surface area contributed by atoms with Gasteiger partial charge in [0.15, 0.2) is 9.84 Å². The Morgan fingerprint density at radius 3 is 2.89 bits per heavy atom. The van der Waals surface area contributed by atoms with Crippen molar-refractivity contribution >= 4 is 42.5 Å². The molecule has 0 aliphatic carbocycles. The molecule has 7 heteroatoms. The molecule has 2 heterocycles. The molecule has 0 bridgehead atoms. The molecule has 1 fully saturated rings. The van der Waals surface area contributed by atoms with Gasteiger partial charge in [0.1, 0.15) is 12.1 Å². The van der Waals surface area contributed by atoms with Crippen molar-refractivity contribution in [1.29, 1.82) is 0 Å². The van der Waals surface area contributed by atoms with Crippen LogP contribution in [0.5, 0.6) is 0 Å². The van der Waals surface area contributed by atoms with E-state index in [1.165, 1.54) is 6.33 Å². The third-order valence-corrected chi connectivity index (χ3v) is 5.60. The van der Waals surface area contributed by atoms with Gasteiger partial charge in [-0.15, -0.1) is 0 Å². The molecule has 100 valence electrons. The quantitative estimate of drug-likeness (QED) is 0.904. The van der Waals surface area contributed by atoms with E-state index < -0.39 is 9.84 Å². The van der Waals surface area contributed by atoms with Gasteiger partial charge in [-0.25, -0.2) is 18.4 Å². The molecular weight excluding hydrogens is 330 g/mol. The molecular formula is C12H12BrN3O2S. The van der Waals surface area contributed by atoms with Crippen molar-refractivity contribution in [3.63, 3.8) is 0 Å². The van der Waals surface area contributed by atoms with E-state index in [-0.39, 0.29) is 17.5 Å². The van der Waals surface area contributed by atoms with Crippen LogP contribution in [-0.4, -0.2) is 35.9 Å². The number of para-hydroxylation sites is 1. The summed E-state index contributed by atoms with van der Waals surface area (Å²) in [5, 5.41) is 4.11. The Morgan fingerprint density at radius 1 is 1.32 bits per heavy atom. The van der Waals surface area contributed by atoms with E-state index in [1.807, 2.05) is 18.2 Å². The van der Waals surface area contributed by atoms with E-state index in [1.54, 1.807) is 0 Å². The van der Waals surface area contributed by atoms with Gasteiger partial charge in [0.25, 0.3) is 0 Å². The summed E-state index contributed by atoms with van der Waals surface area (Å²) in [6.45, 7) is 0. The third kappa shape index (κ3) is 2.57. The summed E-state index contributed by atoms with van der Waals surface area (Å²) >= 11 is 3.45. The predicted molar refractivity (Wildman–Crippen MR) is 77.9 cm³/mol. The summed E-state index contributed by atoms with van der Waals surface area (Å²) in [5.41, 5.74) is 0.820. The zero-order chi connectivity index (χ0) is 13.5. The third-order valence-electron chi connectivity index (χ3n) is 3.19. The van der Waals surface area contributed by atoms with Crippen molar-refractivity contribution in [3.8, 4) is 0 Å². The topological polar surface area (TPSA) is 72.0 Å². The number of benzene rings is 1. The first-order chi connectivity index (χ1) is 9.05. The van der Waals surface area contributed by atoms with Crippen molar-refractivity contribution in [2.24, 2.45) is 0 Å². The molecule has 19 heavy (non-hydrogen) atoms. The molecule has 0 radical (unpaired) electrons. The Hall–Kier alpha value is -1.21. The second-order valence-electron chi connectivity index (χ2n) is 4.60. The molecule has 5 nitrogen and oxygen atoms in total. The lowest BCUT2D eigenvalue weighted by Gasteiger charge is -2.13. The fourth-order valence-electron chi connectivity index (χ4n) is 2.27. The smallest absolute Gasteiger partial charge is 0.152 e. The highest BCUT2D eigenvalue weighted by Crippen LogP contribution is 2.27. The lowest BCUT2D eigenvalue weighted by Crippen LogP contribution is -2.21. The zero-order valence-corrected chi connectivity index (χ0v) is 12.4. The van der Waals surface area contributed by atoms with Gasteiger partial charge in [0, 0.05) is 15.9 Å². The first-order valence-electron chi connectivity index (χ1n) is 5.91. The Bertz CT molecular complexity index is 733. The van der Waals surface area contributed by atoms with E-state index in [9.17, 15) is 8.42 Å². The van der Waals surface area contributed by atoms with E-state index in [0.717, 1.165) is 15.4 Å². The summed E-state index contributed by atoms with van der Waals surface area (Å²) in [7, 11) is -2.89. The van der Waals surface area contributed by atoms with Crippen molar-refractivity contribution < 1.29 is 8.42 Å². The van der Waals surface area contributed by atoms with Gasteiger partial charge in [0.2, 0.25) is 0 Å². The maximum atomic E-state index is 11.5. The average Bonchev–Trinajstić information content (AvgIpc) is 2.70. The number of sulfone groups is 1. The molecule has 1 unspecified atom stereocenters. The highest BCUT2D eigenvalue weighted by molar-refractivity contribution is 9.10. The van der Waals surface area contributed by atoms with E-state index in [0.29, 0.717) is 12.2 Å². The first-order valence-corrected chi connectivity index (χ1v) is 8.53. The fraction of sp³-hybridized carbons (Fsp3) is 0.333. The SMILES string of the molecule is O=S1(=O)CCC(Nc2ncnc3c(Br)cccc23)C1. The number of fused-ring (bicyclic) bond motifs is 1. The van der Waals surface area contributed by atoms with Crippen LogP contribution in [0.4, 0.5) is 5.82 Å². The van der Waals surface area contributed by atoms with Crippen molar-refractivity contribution in [2.45, 2.75) is 12.5 Å². The largest absolute Gasteiger partial charge is 0.366 e. The number of halogens is 1. The molecule has 1 aromatic carbocycles. The lowest BCUT2D eigenvalue weighted by molar-refractivity contribution is 0.602. The van der Waals surface area contributed by atoms with Crippen LogP contribution >= 0.6 is 15.9 Å². The number of hydrogen-bond acceptors (Lipinski definition) is 5. The molecule has 0 saturated carbocycles. The number of hydrogen-bond donors (Lipinski definition) is 1. The lowest BCUT2D eigenvalue weighted by atomic mass is 10.2. The molecule has 1 atom stereocenters. The highest BCUT2D eigenvalue weighted by Gasteiger charge is 2.28. The van der Waals surface area contributed by atoms with Crippen LogP contribution in [-0.2, 0) is 9.84 Å². The highest BCUT2D eigenvalue weighted by atomic mass is 79.9. The average molecular weight is 342 g/mol. The molecule has 1 saturated heterocycles. The molecule has 0 amide bonds. The Morgan fingerprint density at radius 2 is 2.16 bits per heavy atom. The van der Waals surface area contributed by atoms with Crippen LogP contribution in [0.15, 0.2) is 29.0 Å². The van der Waals surface area contributed by atoms with Gasteiger partial charge in [-0.1, -0.05) is 6.07 Å². The summed E-state index contributed by atoms with van der Waals surface area (Å²) in [6.07, 6.45) is 2.11. The van der Waals surface area contributed by atoms with E-state index in [4.69, 9.17) is 0 Å². The number of aromatic nitrogens is 2. The number of rotatable bonds is 2. The van der Waals surface area contributed by atoms with Gasteiger partial charge in [0.05, 0.1) is 17.0 Å². The van der Waals surface area contributed by atoms with E-state index in [2.05, 4.69) is 31.2 Å². The first kappa shape index (κ1) is 12.8. The standard InChI is InChI=1S/C12H12BrN3O2S/c13-10-3-1-2-9-11(10)14-7-15-12(9)16-8-4-5-19(17,18)6-8/h1-3,7-8H,4-6H2,(H,14,15,16). The predicted octanol–water partition coefficient (Wildman–Crippen LogP) is 1.99. The second kappa shape index (κ2) is 4.72. The van der Waals surface area contributed by atoms with Crippen LogP contribution in [0.3, 0.4) is 0 Å². The van der Waals surface area contributed by atoms with Crippen LogP contribution in [0.25, 0.3) is 10.9 Å². The van der Waals surface area contributed by atoms with Crippen molar-refractivity contribution in [3.05, 3.63) is 29.0 Å². The molecule has 0 spiro atoms. The van der Waals surface area contributed by atoms with Crippen molar-refractivity contribution in [2.75, 3.05) is 16.8 Å². The maximum Gasteiger partial charge on any atom is 0.152 e. The van der Waals surface area contributed by atoms with Crippen molar-refractivity contribution in [1.82, 2.24) is 9.97 Å². The van der Waals surface area contributed by atoms with Gasteiger partial charge in [-0.2, -0.15) is 0 Å². The van der Waals surface area contributed by atoms with Crippen LogP contribution in [0.1, 0.15) is 6.42 Å². The number of nitrogens with one attached hydrogen (secondary N) is 1. The normalized spacial score (nSPS) is 21.6. The fourth-order valence-corrected chi connectivity index (χ4v) is 4.41. The Kier molecular flexibility index (Phi) is 3.18. The Balaban J connectivity index is 1.96. The summed E-state index contributed by atoms with van der Waals surface area (Å²) in [5.74, 6) is 1.11. The molecule has 1 aliphatic rings. The second-order valence-corrected chi connectivity index (χ2v) is 7.69. The van der Waals surface area contributed by atoms with E-state index >= 15 is 0 Å². The van der Waals surface area contributed by atoms with Gasteiger partial charge in [-0.3, -0.25) is 0 Å². The summed E-state index contributed by atoms with van der Waals surface area (Å²) in [6, 6.07) is 5.68.